The van der Waals surface area contributed by atoms with Crippen molar-refractivity contribution >= 4 is 23.2 Å². The average Bonchev–Trinajstić information content (AvgIpc) is 2.60. The number of carboxylic acids is 1. The topological polar surface area (TPSA) is 99.5 Å². The van der Waals surface area contributed by atoms with E-state index in [1.807, 2.05) is 0 Å². The third-order valence-electron chi connectivity index (χ3n) is 1.64. The molecule has 0 aromatic carbocycles. The Hall–Kier alpha value is -1.47. The zero-order valence-corrected chi connectivity index (χ0v) is 8.74. The molecule has 7 heteroatoms. The van der Waals surface area contributed by atoms with Crippen LogP contribution in [0, 0.1) is 6.92 Å². The van der Waals surface area contributed by atoms with E-state index in [1.54, 1.807) is 6.92 Å². The van der Waals surface area contributed by atoms with Gasteiger partial charge in [0, 0.05) is 5.38 Å². The lowest BCUT2D eigenvalue weighted by molar-refractivity contribution is -0.140. The summed E-state index contributed by atoms with van der Waals surface area (Å²) >= 11 is 1.29. The van der Waals surface area contributed by atoms with Crippen molar-refractivity contribution in [1.82, 2.24) is 10.3 Å². The minimum absolute atomic E-state index is 0.164. The van der Waals surface area contributed by atoms with Crippen molar-refractivity contribution in [2.75, 3.05) is 6.61 Å². The van der Waals surface area contributed by atoms with Crippen LogP contribution in [-0.4, -0.2) is 39.7 Å². The molecule has 3 N–H and O–H groups in total. The fourth-order valence-electron chi connectivity index (χ4n) is 0.885. The van der Waals surface area contributed by atoms with Crippen molar-refractivity contribution in [1.29, 1.82) is 0 Å². The van der Waals surface area contributed by atoms with E-state index < -0.39 is 24.5 Å². The van der Waals surface area contributed by atoms with Gasteiger partial charge in [-0.05, 0) is 6.92 Å². The van der Waals surface area contributed by atoms with Gasteiger partial charge in [0.2, 0.25) is 0 Å². The molecule has 0 aliphatic rings. The molecule has 0 unspecified atom stereocenters. The first kappa shape index (κ1) is 11.6. The van der Waals surface area contributed by atoms with E-state index in [9.17, 15) is 9.59 Å². The number of carboxylic acid groups (broad SMARTS) is 1. The van der Waals surface area contributed by atoms with Crippen molar-refractivity contribution < 1.29 is 19.8 Å². The average molecular weight is 230 g/mol. The molecule has 0 saturated heterocycles. The van der Waals surface area contributed by atoms with Gasteiger partial charge in [-0.25, -0.2) is 9.78 Å². The summed E-state index contributed by atoms with van der Waals surface area (Å²) in [5.74, 6) is -1.88. The Balaban J connectivity index is 2.66. The standard InChI is InChI=1S/C8H10N2O4S/c1-4-9-6(3-15-4)7(12)10-5(2-11)8(13)14/h3,5,11H,2H2,1H3,(H,10,12)(H,13,14)/t5-/m0/s1. The van der Waals surface area contributed by atoms with Gasteiger partial charge >= 0.3 is 5.97 Å². The molecule has 82 valence electrons. The number of aromatic nitrogens is 1. The number of aliphatic hydroxyl groups excluding tert-OH is 1. The Morgan fingerprint density at radius 1 is 1.67 bits per heavy atom. The molecule has 1 aromatic heterocycles. The first-order valence-electron chi connectivity index (χ1n) is 4.11. The highest BCUT2D eigenvalue weighted by Gasteiger charge is 2.20. The molecule has 0 radical (unpaired) electrons. The number of nitrogens with zero attached hydrogens (tertiary/aromatic N) is 1. The van der Waals surface area contributed by atoms with Gasteiger partial charge < -0.3 is 15.5 Å². The lowest BCUT2D eigenvalue weighted by Crippen LogP contribution is -2.43. The van der Waals surface area contributed by atoms with E-state index in [-0.39, 0.29) is 5.69 Å². The molecule has 0 aliphatic carbocycles. The molecule has 1 rings (SSSR count). The van der Waals surface area contributed by atoms with Crippen LogP contribution >= 0.6 is 11.3 Å². The maximum atomic E-state index is 11.4. The van der Waals surface area contributed by atoms with Gasteiger partial charge in [0.15, 0.2) is 6.04 Å². The summed E-state index contributed by atoms with van der Waals surface area (Å²) in [4.78, 5) is 25.8. The minimum Gasteiger partial charge on any atom is -0.480 e. The van der Waals surface area contributed by atoms with Crippen molar-refractivity contribution in [2.45, 2.75) is 13.0 Å². The summed E-state index contributed by atoms with van der Waals surface area (Å²) in [5.41, 5.74) is 0.164. The van der Waals surface area contributed by atoms with Gasteiger partial charge in [-0.1, -0.05) is 0 Å². The van der Waals surface area contributed by atoms with E-state index in [0.29, 0.717) is 0 Å². The fraction of sp³-hybridized carbons (Fsp3) is 0.375. The molecular formula is C8H10N2O4S. The summed E-state index contributed by atoms with van der Waals surface area (Å²) in [6.45, 7) is 1.09. The van der Waals surface area contributed by atoms with Gasteiger partial charge in [-0.15, -0.1) is 11.3 Å². The molecule has 1 heterocycles. The van der Waals surface area contributed by atoms with Gasteiger partial charge in [-0.3, -0.25) is 4.79 Å². The number of aryl methyl sites for hydroxylation is 1. The highest BCUT2D eigenvalue weighted by Crippen LogP contribution is 2.07. The summed E-state index contributed by atoms with van der Waals surface area (Å²) in [7, 11) is 0. The van der Waals surface area contributed by atoms with Crippen LogP contribution in [0.4, 0.5) is 0 Å². The summed E-state index contributed by atoms with van der Waals surface area (Å²) < 4.78 is 0. The molecule has 0 fully saturated rings. The molecule has 1 atom stereocenters. The van der Waals surface area contributed by atoms with Crippen LogP contribution in [0.2, 0.25) is 0 Å². The summed E-state index contributed by atoms with van der Waals surface area (Å²) in [6, 6.07) is -1.29. The minimum atomic E-state index is -1.29. The van der Waals surface area contributed by atoms with Gasteiger partial charge in [0.1, 0.15) is 5.69 Å². The van der Waals surface area contributed by atoms with Crippen molar-refractivity contribution in [3.05, 3.63) is 16.1 Å². The van der Waals surface area contributed by atoms with Gasteiger partial charge in [-0.2, -0.15) is 0 Å². The lowest BCUT2D eigenvalue weighted by Gasteiger charge is -2.09. The smallest absolute Gasteiger partial charge is 0.328 e. The molecule has 0 saturated carbocycles. The van der Waals surface area contributed by atoms with Crippen LogP contribution in [0.25, 0.3) is 0 Å². The summed E-state index contributed by atoms with van der Waals surface area (Å²) in [5, 5.41) is 21.7. The van der Waals surface area contributed by atoms with Crippen LogP contribution in [0.1, 0.15) is 15.5 Å². The fourth-order valence-corrected chi connectivity index (χ4v) is 1.48. The van der Waals surface area contributed by atoms with Crippen molar-refractivity contribution in [2.24, 2.45) is 0 Å². The highest BCUT2D eigenvalue weighted by molar-refractivity contribution is 7.09. The van der Waals surface area contributed by atoms with E-state index in [2.05, 4.69) is 10.3 Å². The molecule has 0 spiro atoms. The second-order valence-electron chi connectivity index (χ2n) is 2.80. The quantitative estimate of drug-likeness (QED) is 0.655. The number of hydrogen-bond acceptors (Lipinski definition) is 5. The van der Waals surface area contributed by atoms with Crippen molar-refractivity contribution in [3.8, 4) is 0 Å². The SMILES string of the molecule is Cc1nc(C(=O)N[C@@H](CO)C(=O)O)cs1. The predicted molar refractivity (Wildman–Crippen MR) is 52.8 cm³/mol. The maximum Gasteiger partial charge on any atom is 0.328 e. The summed E-state index contributed by atoms with van der Waals surface area (Å²) in [6.07, 6.45) is 0. The number of aliphatic carboxylic acids is 1. The number of carbonyl (C=O) groups excluding carboxylic acids is 1. The van der Waals surface area contributed by atoms with E-state index in [1.165, 1.54) is 16.7 Å². The zero-order valence-electron chi connectivity index (χ0n) is 7.93. The second kappa shape index (κ2) is 4.85. The zero-order chi connectivity index (χ0) is 11.4. The highest BCUT2D eigenvalue weighted by atomic mass is 32.1. The monoisotopic (exact) mass is 230 g/mol. The Morgan fingerprint density at radius 3 is 2.73 bits per heavy atom. The van der Waals surface area contributed by atoms with Gasteiger partial charge in [0.25, 0.3) is 5.91 Å². The molecule has 1 aromatic rings. The van der Waals surface area contributed by atoms with Crippen LogP contribution in [0.5, 0.6) is 0 Å². The van der Waals surface area contributed by atoms with Crippen LogP contribution < -0.4 is 5.32 Å². The van der Waals surface area contributed by atoms with Crippen LogP contribution in [0.15, 0.2) is 5.38 Å². The Bertz CT molecular complexity index is 376. The van der Waals surface area contributed by atoms with Crippen molar-refractivity contribution in [3.63, 3.8) is 0 Å². The van der Waals surface area contributed by atoms with E-state index >= 15 is 0 Å². The first-order valence-corrected chi connectivity index (χ1v) is 4.99. The third-order valence-corrected chi connectivity index (χ3v) is 2.41. The van der Waals surface area contributed by atoms with E-state index in [0.717, 1.165) is 5.01 Å². The Kier molecular flexibility index (Phi) is 3.75. The van der Waals surface area contributed by atoms with E-state index in [4.69, 9.17) is 10.2 Å². The number of amides is 1. The predicted octanol–water partition coefficient (Wildman–Crippen LogP) is -0.373. The third kappa shape index (κ3) is 3.00. The number of thiazole rings is 1. The molecule has 1 amide bonds. The Labute approximate surface area is 89.6 Å². The largest absolute Gasteiger partial charge is 0.480 e. The lowest BCUT2D eigenvalue weighted by atomic mass is 10.3. The van der Waals surface area contributed by atoms with Gasteiger partial charge in [0.05, 0.1) is 11.6 Å². The maximum absolute atomic E-state index is 11.4. The molecule has 15 heavy (non-hydrogen) atoms. The normalized spacial score (nSPS) is 12.1. The molecular weight excluding hydrogens is 220 g/mol. The molecule has 0 aliphatic heterocycles. The molecule has 6 nitrogen and oxygen atoms in total. The number of nitrogens with one attached hydrogen (secondary N) is 1. The number of carbonyl (C=O) groups is 2. The van der Waals surface area contributed by atoms with Crippen LogP contribution in [0.3, 0.4) is 0 Å². The molecule has 0 bridgehead atoms. The first-order chi connectivity index (χ1) is 7.04. The Morgan fingerprint density at radius 2 is 2.33 bits per heavy atom. The second-order valence-corrected chi connectivity index (χ2v) is 3.86. The van der Waals surface area contributed by atoms with Crippen LogP contribution in [-0.2, 0) is 4.79 Å². The number of aliphatic hydroxyl groups is 1. The number of hydrogen-bond donors (Lipinski definition) is 3. The number of rotatable bonds is 4.